The van der Waals surface area contributed by atoms with Crippen LogP contribution in [0.5, 0.6) is 0 Å². The standard InChI is InChI=1S/C10H8BrF/c1-2-3-5-8-6-4-7-9(12)10(8)11/h1,4,6-7H,3,5H2. The number of hydrogen-bond acceptors (Lipinski definition) is 0. The third-order valence-corrected chi connectivity index (χ3v) is 2.46. The van der Waals surface area contributed by atoms with Gasteiger partial charge in [0.25, 0.3) is 0 Å². The zero-order valence-electron chi connectivity index (χ0n) is 6.48. The lowest BCUT2D eigenvalue weighted by molar-refractivity contribution is 0.618. The van der Waals surface area contributed by atoms with Crippen LogP contribution in [0.2, 0.25) is 0 Å². The van der Waals surface area contributed by atoms with Crippen molar-refractivity contribution in [3.05, 3.63) is 34.1 Å². The molecule has 0 unspecified atom stereocenters. The molecule has 0 aliphatic carbocycles. The van der Waals surface area contributed by atoms with E-state index in [1.165, 1.54) is 6.07 Å². The highest BCUT2D eigenvalue weighted by Crippen LogP contribution is 2.21. The fraction of sp³-hybridized carbons (Fsp3) is 0.200. The highest BCUT2D eigenvalue weighted by molar-refractivity contribution is 9.10. The molecular formula is C10H8BrF. The SMILES string of the molecule is C#CCCc1cccc(F)c1Br. The lowest BCUT2D eigenvalue weighted by Gasteiger charge is -2.01. The Morgan fingerprint density at radius 3 is 2.92 bits per heavy atom. The molecule has 0 nitrogen and oxygen atoms in total. The van der Waals surface area contributed by atoms with Crippen LogP contribution in [-0.4, -0.2) is 0 Å². The largest absolute Gasteiger partial charge is 0.206 e. The highest BCUT2D eigenvalue weighted by atomic mass is 79.9. The van der Waals surface area contributed by atoms with E-state index in [0.29, 0.717) is 10.9 Å². The molecule has 0 radical (unpaired) electrons. The van der Waals surface area contributed by atoms with E-state index in [-0.39, 0.29) is 5.82 Å². The zero-order chi connectivity index (χ0) is 8.97. The summed E-state index contributed by atoms with van der Waals surface area (Å²) in [6, 6.07) is 4.97. The Labute approximate surface area is 79.9 Å². The Morgan fingerprint density at radius 2 is 2.25 bits per heavy atom. The molecule has 0 spiro atoms. The summed E-state index contributed by atoms with van der Waals surface area (Å²) in [5.41, 5.74) is 0.924. The number of terminal acetylenes is 1. The van der Waals surface area contributed by atoms with E-state index in [0.717, 1.165) is 12.0 Å². The van der Waals surface area contributed by atoms with Crippen molar-refractivity contribution in [1.82, 2.24) is 0 Å². The van der Waals surface area contributed by atoms with Gasteiger partial charge in [0.05, 0.1) is 4.47 Å². The molecule has 62 valence electrons. The third-order valence-electron chi connectivity index (χ3n) is 1.57. The summed E-state index contributed by atoms with van der Waals surface area (Å²) < 4.78 is 13.4. The van der Waals surface area contributed by atoms with Gasteiger partial charge in [0, 0.05) is 6.42 Å². The number of aryl methyl sites for hydroxylation is 1. The average Bonchev–Trinajstić information content (AvgIpc) is 2.08. The minimum Gasteiger partial charge on any atom is -0.206 e. The van der Waals surface area contributed by atoms with Crippen molar-refractivity contribution < 1.29 is 4.39 Å². The molecule has 0 aromatic heterocycles. The van der Waals surface area contributed by atoms with Gasteiger partial charge >= 0.3 is 0 Å². The van der Waals surface area contributed by atoms with E-state index in [2.05, 4.69) is 21.9 Å². The van der Waals surface area contributed by atoms with E-state index in [4.69, 9.17) is 6.42 Å². The zero-order valence-corrected chi connectivity index (χ0v) is 8.07. The van der Waals surface area contributed by atoms with Gasteiger partial charge in [0.1, 0.15) is 5.82 Å². The van der Waals surface area contributed by atoms with Gasteiger partial charge in [-0.1, -0.05) is 12.1 Å². The molecule has 0 N–H and O–H groups in total. The van der Waals surface area contributed by atoms with Crippen LogP contribution in [0.15, 0.2) is 22.7 Å². The Bertz CT molecular complexity index is 312. The Hall–Kier alpha value is -0.810. The summed E-state index contributed by atoms with van der Waals surface area (Å²) in [6.45, 7) is 0. The van der Waals surface area contributed by atoms with Crippen LogP contribution >= 0.6 is 15.9 Å². The summed E-state index contributed by atoms with van der Waals surface area (Å²) in [7, 11) is 0. The first-order chi connectivity index (χ1) is 5.75. The van der Waals surface area contributed by atoms with Crippen LogP contribution in [0.25, 0.3) is 0 Å². The number of benzene rings is 1. The first-order valence-electron chi connectivity index (χ1n) is 3.62. The van der Waals surface area contributed by atoms with E-state index < -0.39 is 0 Å². The smallest absolute Gasteiger partial charge is 0.137 e. The third kappa shape index (κ3) is 2.09. The van der Waals surface area contributed by atoms with Gasteiger partial charge in [0.15, 0.2) is 0 Å². The molecule has 0 aliphatic heterocycles. The van der Waals surface area contributed by atoms with Gasteiger partial charge in [0.2, 0.25) is 0 Å². The van der Waals surface area contributed by atoms with Crippen molar-refractivity contribution >= 4 is 15.9 Å². The minimum absolute atomic E-state index is 0.232. The van der Waals surface area contributed by atoms with Crippen LogP contribution in [-0.2, 0) is 6.42 Å². The van der Waals surface area contributed by atoms with Crippen LogP contribution in [0.3, 0.4) is 0 Å². The summed E-state index contributed by atoms with van der Waals surface area (Å²) in [5.74, 6) is 2.29. The van der Waals surface area contributed by atoms with Crippen molar-refractivity contribution in [2.45, 2.75) is 12.8 Å². The van der Waals surface area contributed by atoms with Gasteiger partial charge in [-0.15, -0.1) is 12.3 Å². The minimum atomic E-state index is -0.232. The molecule has 0 fully saturated rings. The molecule has 0 bridgehead atoms. The van der Waals surface area contributed by atoms with Crippen molar-refractivity contribution in [3.63, 3.8) is 0 Å². The van der Waals surface area contributed by atoms with Gasteiger partial charge in [-0.2, -0.15) is 0 Å². The molecule has 1 rings (SSSR count). The predicted octanol–water partition coefficient (Wildman–Crippen LogP) is 3.15. The molecule has 1 aromatic rings. The van der Waals surface area contributed by atoms with Crippen LogP contribution in [0, 0.1) is 18.2 Å². The van der Waals surface area contributed by atoms with Crippen molar-refractivity contribution in [2.75, 3.05) is 0 Å². The molecular weight excluding hydrogens is 219 g/mol. The molecule has 12 heavy (non-hydrogen) atoms. The first kappa shape index (κ1) is 9.28. The summed E-state index contributed by atoms with van der Waals surface area (Å²) in [4.78, 5) is 0. The normalized spacial score (nSPS) is 9.42. The molecule has 0 aliphatic rings. The van der Waals surface area contributed by atoms with E-state index in [1.54, 1.807) is 6.07 Å². The first-order valence-corrected chi connectivity index (χ1v) is 4.41. The van der Waals surface area contributed by atoms with Crippen LogP contribution in [0.1, 0.15) is 12.0 Å². The second-order valence-electron chi connectivity index (χ2n) is 2.42. The Balaban J connectivity index is 2.86. The maximum Gasteiger partial charge on any atom is 0.137 e. The average molecular weight is 227 g/mol. The lowest BCUT2D eigenvalue weighted by atomic mass is 10.1. The molecule has 0 saturated heterocycles. The number of hydrogen-bond donors (Lipinski definition) is 0. The van der Waals surface area contributed by atoms with Gasteiger partial charge < -0.3 is 0 Å². The summed E-state index contributed by atoms with van der Waals surface area (Å²) >= 11 is 3.17. The topological polar surface area (TPSA) is 0 Å². The maximum absolute atomic E-state index is 12.9. The highest BCUT2D eigenvalue weighted by Gasteiger charge is 2.03. The fourth-order valence-electron chi connectivity index (χ4n) is 0.948. The maximum atomic E-state index is 12.9. The second-order valence-corrected chi connectivity index (χ2v) is 3.21. The van der Waals surface area contributed by atoms with Crippen molar-refractivity contribution in [3.8, 4) is 12.3 Å². The van der Waals surface area contributed by atoms with E-state index in [1.807, 2.05) is 6.07 Å². The molecule has 0 saturated carbocycles. The van der Waals surface area contributed by atoms with Crippen molar-refractivity contribution in [2.24, 2.45) is 0 Å². The number of halogens is 2. The van der Waals surface area contributed by atoms with E-state index in [9.17, 15) is 4.39 Å². The molecule has 0 heterocycles. The van der Waals surface area contributed by atoms with Gasteiger partial charge in [-0.05, 0) is 34.0 Å². The summed E-state index contributed by atoms with van der Waals surface area (Å²) in [6.07, 6.45) is 6.46. The van der Waals surface area contributed by atoms with Gasteiger partial charge in [-0.3, -0.25) is 0 Å². The van der Waals surface area contributed by atoms with Crippen LogP contribution < -0.4 is 0 Å². The van der Waals surface area contributed by atoms with Crippen molar-refractivity contribution in [1.29, 1.82) is 0 Å². The summed E-state index contributed by atoms with van der Waals surface area (Å²) in [5, 5.41) is 0. The van der Waals surface area contributed by atoms with Gasteiger partial charge in [-0.25, -0.2) is 4.39 Å². The molecule has 0 amide bonds. The Morgan fingerprint density at radius 1 is 1.50 bits per heavy atom. The lowest BCUT2D eigenvalue weighted by Crippen LogP contribution is -1.88. The fourth-order valence-corrected chi connectivity index (χ4v) is 1.41. The van der Waals surface area contributed by atoms with Crippen LogP contribution in [0.4, 0.5) is 4.39 Å². The predicted molar refractivity (Wildman–Crippen MR) is 51.3 cm³/mol. The Kier molecular flexibility index (Phi) is 3.31. The molecule has 2 heteroatoms. The number of rotatable bonds is 2. The molecule has 0 atom stereocenters. The second kappa shape index (κ2) is 4.27. The van der Waals surface area contributed by atoms with E-state index >= 15 is 0 Å². The molecule has 1 aromatic carbocycles. The monoisotopic (exact) mass is 226 g/mol. The quantitative estimate of drug-likeness (QED) is 0.681.